The van der Waals surface area contributed by atoms with Crippen molar-refractivity contribution in [3.05, 3.63) is 59.2 Å². The Morgan fingerprint density at radius 2 is 1.73 bits per heavy atom. The van der Waals surface area contributed by atoms with Crippen molar-refractivity contribution >= 4 is 27.6 Å². The molecule has 1 fully saturated rings. The van der Waals surface area contributed by atoms with Gasteiger partial charge in [-0.2, -0.15) is 4.31 Å². The fourth-order valence-electron chi connectivity index (χ4n) is 3.45. The summed E-state index contributed by atoms with van der Waals surface area (Å²) in [5.41, 5.74) is 1.39. The predicted molar refractivity (Wildman–Crippen MR) is 114 cm³/mol. The number of hydrogen-bond acceptors (Lipinski definition) is 5. The first-order valence-electron chi connectivity index (χ1n) is 9.83. The molecule has 3 rings (SSSR count). The second-order valence-corrected chi connectivity index (χ2v) is 9.49. The molecule has 8 heteroatoms. The average Bonchev–Trinajstić information content (AvgIpc) is 2.74. The van der Waals surface area contributed by atoms with E-state index in [4.69, 9.17) is 4.74 Å². The molecule has 0 spiro atoms. The largest absolute Gasteiger partial charge is 0.465 e. The lowest BCUT2D eigenvalue weighted by molar-refractivity contribution is 0.0602. The summed E-state index contributed by atoms with van der Waals surface area (Å²) < 4.78 is 32.3. The molecule has 0 atom stereocenters. The Labute approximate surface area is 177 Å². The van der Waals surface area contributed by atoms with E-state index in [1.54, 1.807) is 37.3 Å². The minimum atomic E-state index is -3.68. The van der Waals surface area contributed by atoms with Crippen molar-refractivity contribution in [1.29, 1.82) is 0 Å². The van der Waals surface area contributed by atoms with E-state index in [-0.39, 0.29) is 16.0 Å². The van der Waals surface area contributed by atoms with Crippen LogP contribution in [0.15, 0.2) is 47.4 Å². The van der Waals surface area contributed by atoms with Crippen molar-refractivity contribution in [2.75, 3.05) is 25.5 Å². The summed E-state index contributed by atoms with van der Waals surface area (Å²) in [4.78, 5) is 25.0. The maximum absolute atomic E-state index is 13.1. The van der Waals surface area contributed by atoms with Crippen LogP contribution in [0.1, 0.15) is 46.0 Å². The predicted octanol–water partition coefficient (Wildman–Crippen LogP) is 3.45. The molecule has 1 aliphatic heterocycles. The summed E-state index contributed by atoms with van der Waals surface area (Å²) in [6.45, 7) is 4.81. The lowest BCUT2D eigenvalue weighted by atomic mass is 10.0. The Morgan fingerprint density at radius 1 is 1.07 bits per heavy atom. The molecule has 2 aromatic carbocycles. The van der Waals surface area contributed by atoms with Crippen molar-refractivity contribution < 1.29 is 22.7 Å². The van der Waals surface area contributed by atoms with Crippen LogP contribution in [-0.4, -0.2) is 44.8 Å². The normalized spacial score (nSPS) is 15.6. The molecule has 30 heavy (non-hydrogen) atoms. The van der Waals surface area contributed by atoms with E-state index in [9.17, 15) is 18.0 Å². The highest BCUT2D eigenvalue weighted by molar-refractivity contribution is 7.89. The number of anilines is 1. The fourth-order valence-corrected chi connectivity index (χ4v) is 4.95. The van der Waals surface area contributed by atoms with Crippen LogP contribution >= 0.6 is 0 Å². The zero-order valence-electron chi connectivity index (χ0n) is 17.3. The molecular weight excluding hydrogens is 404 g/mol. The number of hydrogen-bond donors (Lipinski definition) is 1. The Hall–Kier alpha value is -2.71. The number of rotatable bonds is 5. The Bertz CT molecular complexity index is 1060. The SMILES string of the molecule is COC(=O)c1ccccc1NC(=O)c1cc(S(=O)(=O)N2CCC(C)CC2)ccc1C. The number of carbonyl (C=O) groups excluding carboxylic acids is 2. The summed E-state index contributed by atoms with van der Waals surface area (Å²) in [7, 11) is -2.41. The maximum atomic E-state index is 13.1. The average molecular weight is 431 g/mol. The maximum Gasteiger partial charge on any atom is 0.339 e. The van der Waals surface area contributed by atoms with Crippen molar-refractivity contribution in [1.82, 2.24) is 4.31 Å². The van der Waals surface area contributed by atoms with Crippen molar-refractivity contribution in [2.24, 2.45) is 5.92 Å². The van der Waals surface area contributed by atoms with Crippen LogP contribution in [0.4, 0.5) is 5.69 Å². The number of carbonyl (C=O) groups is 2. The van der Waals surface area contributed by atoms with Gasteiger partial charge in [-0.3, -0.25) is 4.79 Å². The van der Waals surface area contributed by atoms with E-state index >= 15 is 0 Å². The zero-order chi connectivity index (χ0) is 21.9. The third-order valence-electron chi connectivity index (χ3n) is 5.41. The smallest absolute Gasteiger partial charge is 0.339 e. The molecule has 7 nitrogen and oxygen atoms in total. The number of methoxy groups -OCH3 is 1. The van der Waals surface area contributed by atoms with Crippen molar-refractivity contribution in [2.45, 2.75) is 31.6 Å². The minimum Gasteiger partial charge on any atom is -0.465 e. The topological polar surface area (TPSA) is 92.8 Å². The Balaban J connectivity index is 1.89. The van der Waals surface area contributed by atoms with Gasteiger partial charge in [-0.1, -0.05) is 25.1 Å². The molecule has 1 aliphatic rings. The van der Waals surface area contributed by atoms with Crippen LogP contribution < -0.4 is 5.32 Å². The van der Waals surface area contributed by atoms with Gasteiger partial charge in [-0.25, -0.2) is 13.2 Å². The van der Waals surface area contributed by atoms with Gasteiger partial charge in [0.2, 0.25) is 10.0 Å². The number of benzene rings is 2. The van der Waals surface area contributed by atoms with E-state index < -0.39 is 21.9 Å². The number of nitrogens with one attached hydrogen (secondary N) is 1. The summed E-state index contributed by atoms with van der Waals surface area (Å²) in [5, 5.41) is 2.70. The van der Waals surface area contributed by atoms with E-state index in [1.807, 2.05) is 0 Å². The van der Waals surface area contributed by atoms with Crippen LogP contribution in [0.5, 0.6) is 0 Å². The number of sulfonamides is 1. The first kappa shape index (κ1) is 22.0. The molecule has 160 valence electrons. The Kier molecular flexibility index (Phi) is 6.58. The minimum absolute atomic E-state index is 0.0917. The van der Waals surface area contributed by atoms with Crippen LogP contribution in [0.25, 0.3) is 0 Å². The molecule has 0 aromatic heterocycles. The summed E-state index contributed by atoms with van der Waals surface area (Å²) in [6, 6.07) is 11.1. The molecular formula is C22H26N2O5S. The highest BCUT2D eigenvalue weighted by atomic mass is 32.2. The van der Waals surface area contributed by atoms with Crippen molar-refractivity contribution in [3.63, 3.8) is 0 Å². The quantitative estimate of drug-likeness (QED) is 0.734. The van der Waals surface area contributed by atoms with Gasteiger partial charge < -0.3 is 10.1 Å². The van der Waals surface area contributed by atoms with E-state index in [2.05, 4.69) is 12.2 Å². The molecule has 0 radical (unpaired) electrons. The van der Waals surface area contributed by atoms with Gasteiger partial charge in [0.15, 0.2) is 0 Å². The standard InChI is InChI=1S/C22H26N2O5S/c1-15-10-12-24(13-11-15)30(27,28)17-9-8-16(2)19(14-17)21(25)23-20-7-5-4-6-18(20)22(26)29-3/h4-9,14-15H,10-13H2,1-3H3,(H,23,25). The number of amides is 1. The molecule has 0 saturated carbocycles. The van der Waals surface area contributed by atoms with E-state index in [0.29, 0.717) is 30.3 Å². The van der Waals surface area contributed by atoms with E-state index in [1.165, 1.54) is 23.5 Å². The third kappa shape index (κ3) is 4.55. The molecule has 0 aliphatic carbocycles. The third-order valence-corrected chi connectivity index (χ3v) is 7.31. The molecule has 0 unspecified atom stereocenters. The number of nitrogens with zero attached hydrogens (tertiary/aromatic N) is 1. The monoisotopic (exact) mass is 430 g/mol. The number of ether oxygens (including phenoxy) is 1. The van der Waals surface area contributed by atoms with Crippen LogP contribution in [0.2, 0.25) is 0 Å². The summed E-state index contributed by atoms with van der Waals surface area (Å²) in [6.07, 6.45) is 1.64. The molecule has 0 bridgehead atoms. The highest BCUT2D eigenvalue weighted by Gasteiger charge is 2.29. The van der Waals surface area contributed by atoms with Gasteiger partial charge in [0, 0.05) is 18.7 Å². The molecule has 1 saturated heterocycles. The summed E-state index contributed by atoms with van der Waals surface area (Å²) >= 11 is 0. The second kappa shape index (κ2) is 8.97. The lowest BCUT2D eigenvalue weighted by Crippen LogP contribution is -2.38. The lowest BCUT2D eigenvalue weighted by Gasteiger charge is -2.29. The Morgan fingerprint density at radius 3 is 2.40 bits per heavy atom. The van der Waals surface area contributed by atoms with Crippen LogP contribution in [-0.2, 0) is 14.8 Å². The first-order valence-corrected chi connectivity index (χ1v) is 11.3. The molecule has 1 N–H and O–H groups in total. The van der Waals surface area contributed by atoms with Gasteiger partial charge in [0.1, 0.15) is 0 Å². The number of para-hydroxylation sites is 1. The molecule has 2 aromatic rings. The molecule has 1 amide bonds. The van der Waals surface area contributed by atoms with Gasteiger partial charge in [0.05, 0.1) is 23.3 Å². The molecule has 1 heterocycles. The van der Waals surface area contributed by atoms with Gasteiger partial charge in [-0.15, -0.1) is 0 Å². The van der Waals surface area contributed by atoms with Gasteiger partial charge in [0.25, 0.3) is 5.91 Å². The first-order chi connectivity index (χ1) is 14.2. The van der Waals surface area contributed by atoms with Crippen LogP contribution in [0.3, 0.4) is 0 Å². The highest BCUT2D eigenvalue weighted by Crippen LogP contribution is 2.26. The van der Waals surface area contributed by atoms with Gasteiger partial charge >= 0.3 is 5.97 Å². The summed E-state index contributed by atoms with van der Waals surface area (Å²) in [5.74, 6) is -0.558. The van der Waals surface area contributed by atoms with E-state index in [0.717, 1.165) is 12.8 Å². The second-order valence-electron chi connectivity index (χ2n) is 7.55. The number of esters is 1. The number of piperidine rings is 1. The van der Waals surface area contributed by atoms with Gasteiger partial charge in [-0.05, 0) is 55.5 Å². The fraction of sp³-hybridized carbons (Fsp3) is 0.364. The van der Waals surface area contributed by atoms with Crippen molar-refractivity contribution in [3.8, 4) is 0 Å². The van der Waals surface area contributed by atoms with Crippen LogP contribution in [0, 0.1) is 12.8 Å². The zero-order valence-corrected chi connectivity index (χ0v) is 18.2. The number of aryl methyl sites for hydroxylation is 1.